The van der Waals surface area contributed by atoms with E-state index in [1.165, 1.54) is 12.8 Å². The van der Waals surface area contributed by atoms with Gasteiger partial charge in [-0.3, -0.25) is 10.1 Å². The molecule has 0 spiro atoms. The highest BCUT2D eigenvalue weighted by atomic mass is 16.6. The Bertz CT molecular complexity index is 437. The molecule has 1 atom stereocenters. The highest BCUT2D eigenvalue weighted by Gasteiger charge is 2.21. The lowest BCUT2D eigenvalue weighted by Crippen LogP contribution is -2.40. The fourth-order valence-corrected chi connectivity index (χ4v) is 2.77. The van der Waals surface area contributed by atoms with Crippen molar-refractivity contribution in [2.75, 3.05) is 19.6 Å². The molecule has 1 heterocycles. The van der Waals surface area contributed by atoms with Crippen LogP contribution in [0.15, 0.2) is 24.3 Å². The fourth-order valence-electron chi connectivity index (χ4n) is 2.77. The van der Waals surface area contributed by atoms with E-state index in [0.29, 0.717) is 12.0 Å². The molecule has 0 aromatic heterocycles. The van der Waals surface area contributed by atoms with Crippen molar-refractivity contribution >= 4 is 5.69 Å². The second-order valence-corrected chi connectivity index (χ2v) is 5.71. The highest BCUT2D eigenvalue weighted by molar-refractivity contribution is 5.32. The summed E-state index contributed by atoms with van der Waals surface area (Å²) in [5, 5.41) is 10.6. The summed E-state index contributed by atoms with van der Waals surface area (Å²) in [4.78, 5) is 12.7. The van der Waals surface area contributed by atoms with Crippen molar-refractivity contribution < 1.29 is 4.92 Å². The maximum Gasteiger partial charge on any atom is 0.269 e. The normalized spacial score (nSPS) is 18.9. The molecule has 1 fully saturated rings. The Morgan fingerprint density at radius 1 is 1.35 bits per heavy atom. The van der Waals surface area contributed by atoms with E-state index in [4.69, 9.17) is 5.73 Å². The van der Waals surface area contributed by atoms with Crippen molar-refractivity contribution in [2.45, 2.75) is 32.2 Å². The van der Waals surface area contributed by atoms with Crippen LogP contribution in [-0.2, 0) is 6.42 Å². The van der Waals surface area contributed by atoms with Gasteiger partial charge < -0.3 is 10.6 Å². The zero-order valence-corrected chi connectivity index (χ0v) is 12.0. The van der Waals surface area contributed by atoms with Crippen molar-refractivity contribution in [3.8, 4) is 0 Å². The third kappa shape index (κ3) is 4.02. The molecule has 110 valence electrons. The van der Waals surface area contributed by atoms with Gasteiger partial charge in [-0.15, -0.1) is 0 Å². The Kier molecular flexibility index (Phi) is 5.09. The number of nitrogens with two attached hydrogens (primary N) is 1. The van der Waals surface area contributed by atoms with E-state index in [1.54, 1.807) is 12.1 Å². The molecule has 1 aromatic carbocycles. The average molecular weight is 277 g/mol. The van der Waals surface area contributed by atoms with E-state index < -0.39 is 0 Å². The Labute approximate surface area is 119 Å². The van der Waals surface area contributed by atoms with Crippen LogP contribution in [0, 0.1) is 16.0 Å². The van der Waals surface area contributed by atoms with Crippen molar-refractivity contribution in [3.05, 3.63) is 39.9 Å². The number of piperidine rings is 1. The first-order valence-electron chi connectivity index (χ1n) is 7.27. The predicted octanol–water partition coefficient (Wildman–Crippen LogP) is 2.20. The molecule has 0 aliphatic carbocycles. The number of non-ortho nitro benzene ring substituents is 1. The van der Waals surface area contributed by atoms with Gasteiger partial charge in [-0.1, -0.05) is 12.1 Å². The average Bonchev–Trinajstić information content (AvgIpc) is 2.46. The molecule has 2 N–H and O–H groups in total. The van der Waals surface area contributed by atoms with Crippen molar-refractivity contribution in [1.82, 2.24) is 4.90 Å². The van der Waals surface area contributed by atoms with Crippen molar-refractivity contribution in [1.29, 1.82) is 0 Å². The number of benzene rings is 1. The molecule has 1 aromatic rings. The lowest BCUT2D eigenvalue weighted by atomic mass is 9.91. The number of rotatable bonds is 5. The minimum Gasteiger partial charge on any atom is -0.328 e. The zero-order chi connectivity index (χ0) is 14.5. The van der Waals surface area contributed by atoms with E-state index in [2.05, 4.69) is 11.8 Å². The minimum absolute atomic E-state index is 0.159. The smallest absolute Gasteiger partial charge is 0.269 e. The number of nitrogens with zero attached hydrogens (tertiary/aromatic N) is 2. The van der Waals surface area contributed by atoms with E-state index in [9.17, 15) is 10.1 Å². The van der Waals surface area contributed by atoms with Gasteiger partial charge >= 0.3 is 0 Å². The first-order valence-corrected chi connectivity index (χ1v) is 7.27. The summed E-state index contributed by atoms with van der Waals surface area (Å²) in [6, 6.07) is 7.17. The molecular weight excluding hydrogens is 254 g/mol. The van der Waals surface area contributed by atoms with Gasteiger partial charge in [0.05, 0.1) is 4.92 Å². The van der Waals surface area contributed by atoms with E-state index in [0.717, 1.165) is 31.6 Å². The largest absolute Gasteiger partial charge is 0.328 e. The molecule has 1 aliphatic heterocycles. The molecule has 0 amide bonds. The molecule has 20 heavy (non-hydrogen) atoms. The molecule has 5 nitrogen and oxygen atoms in total. The molecule has 2 rings (SSSR count). The molecule has 0 bridgehead atoms. The fraction of sp³-hybridized carbons (Fsp3) is 0.600. The number of hydrogen-bond acceptors (Lipinski definition) is 4. The van der Waals surface area contributed by atoms with Crippen LogP contribution in [0.1, 0.15) is 25.3 Å². The van der Waals surface area contributed by atoms with Gasteiger partial charge in [0, 0.05) is 24.7 Å². The third-order valence-corrected chi connectivity index (χ3v) is 4.24. The quantitative estimate of drug-likeness (QED) is 0.661. The Balaban J connectivity index is 1.77. The molecule has 0 radical (unpaired) electrons. The first kappa shape index (κ1) is 14.9. The zero-order valence-electron chi connectivity index (χ0n) is 12.0. The van der Waals surface area contributed by atoms with Gasteiger partial charge in [0.25, 0.3) is 5.69 Å². The summed E-state index contributed by atoms with van der Waals surface area (Å²) < 4.78 is 0. The summed E-state index contributed by atoms with van der Waals surface area (Å²) in [6.45, 7) is 5.33. The lowest BCUT2D eigenvalue weighted by Gasteiger charge is -2.33. The van der Waals surface area contributed by atoms with Gasteiger partial charge in [0.15, 0.2) is 0 Å². The number of hydrogen-bond donors (Lipinski definition) is 1. The Morgan fingerprint density at radius 2 is 1.95 bits per heavy atom. The number of nitro benzene ring substituents is 1. The van der Waals surface area contributed by atoms with Gasteiger partial charge in [-0.05, 0) is 50.8 Å². The van der Waals surface area contributed by atoms with Gasteiger partial charge in [0.1, 0.15) is 0 Å². The Morgan fingerprint density at radius 3 is 2.45 bits per heavy atom. The predicted molar refractivity (Wildman–Crippen MR) is 79.6 cm³/mol. The summed E-state index contributed by atoms with van der Waals surface area (Å²) in [6.07, 6.45) is 3.30. The topological polar surface area (TPSA) is 72.4 Å². The standard InChI is InChI=1S/C15H23N3O2/c1-12(16)14-7-10-17(11-8-14)9-6-13-2-4-15(5-3-13)18(19)20/h2-5,12,14H,6-11,16H2,1H3. The minimum atomic E-state index is -0.359. The molecular formula is C15H23N3O2. The SMILES string of the molecule is CC(N)C1CCN(CCc2ccc([N+](=O)[O-])cc2)CC1. The van der Waals surface area contributed by atoms with Crippen LogP contribution in [0.4, 0.5) is 5.69 Å². The van der Waals surface area contributed by atoms with Crippen LogP contribution in [0.5, 0.6) is 0 Å². The second kappa shape index (κ2) is 6.81. The second-order valence-electron chi connectivity index (χ2n) is 5.71. The van der Waals surface area contributed by atoms with E-state index in [-0.39, 0.29) is 10.6 Å². The summed E-state index contributed by atoms with van der Waals surface area (Å²) in [5.41, 5.74) is 7.26. The number of nitro groups is 1. The number of likely N-dealkylation sites (tertiary alicyclic amines) is 1. The van der Waals surface area contributed by atoms with Gasteiger partial charge in [-0.2, -0.15) is 0 Å². The maximum absolute atomic E-state index is 10.6. The lowest BCUT2D eigenvalue weighted by molar-refractivity contribution is -0.384. The van der Waals surface area contributed by atoms with E-state index in [1.807, 2.05) is 12.1 Å². The van der Waals surface area contributed by atoms with Gasteiger partial charge in [-0.25, -0.2) is 0 Å². The Hall–Kier alpha value is -1.46. The summed E-state index contributed by atoms with van der Waals surface area (Å²) in [5.74, 6) is 0.658. The molecule has 1 unspecified atom stereocenters. The monoisotopic (exact) mass is 277 g/mol. The molecule has 1 saturated heterocycles. The first-order chi connectivity index (χ1) is 9.56. The van der Waals surface area contributed by atoms with Crippen LogP contribution < -0.4 is 5.73 Å². The molecule has 5 heteroatoms. The van der Waals surface area contributed by atoms with Crippen LogP contribution >= 0.6 is 0 Å². The molecule has 1 aliphatic rings. The van der Waals surface area contributed by atoms with Gasteiger partial charge in [0.2, 0.25) is 0 Å². The van der Waals surface area contributed by atoms with Crippen LogP contribution in [0.25, 0.3) is 0 Å². The van der Waals surface area contributed by atoms with Crippen LogP contribution in [0.3, 0.4) is 0 Å². The van der Waals surface area contributed by atoms with E-state index >= 15 is 0 Å². The van der Waals surface area contributed by atoms with Crippen LogP contribution in [-0.4, -0.2) is 35.5 Å². The van der Waals surface area contributed by atoms with Crippen LogP contribution in [0.2, 0.25) is 0 Å². The summed E-state index contributed by atoms with van der Waals surface area (Å²) >= 11 is 0. The summed E-state index contributed by atoms with van der Waals surface area (Å²) in [7, 11) is 0. The molecule has 0 saturated carbocycles. The van der Waals surface area contributed by atoms with Crippen molar-refractivity contribution in [2.24, 2.45) is 11.7 Å². The van der Waals surface area contributed by atoms with Crippen molar-refractivity contribution in [3.63, 3.8) is 0 Å². The third-order valence-electron chi connectivity index (χ3n) is 4.24. The maximum atomic E-state index is 10.6. The highest BCUT2D eigenvalue weighted by Crippen LogP contribution is 2.20.